The Morgan fingerprint density at radius 1 is 1.10 bits per heavy atom. The van der Waals surface area contributed by atoms with Gasteiger partial charge in [0.1, 0.15) is 0 Å². The van der Waals surface area contributed by atoms with Crippen molar-refractivity contribution in [2.24, 2.45) is 46.3 Å². The van der Waals surface area contributed by atoms with Crippen LogP contribution in [0.1, 0.15) is 98.8 Å². The van der Waals surface area contributed by atoms with Crippen LogP contribution in [0.15, 0.2) is 23.8 Å². The molecule has 164 valence electrons. The van der Waals surface area contributed by atoms with Crippen molar-refractivity contribution in [3.63, 3.8) is 0 Å². The molecule has 0 bridgehead atoms. The van der Waals surface area contributed by atoms with Crippen molar-refractivity contribution in [3.05, 3.63) is 23.8 Å². The minimum atomic E-state index is -0.0861. The molecular weight excluding hydrogens is 352 g/mol. The zero-order chi connectivity index (χ0) is 21.0. The SMILES string of the molecule is C=C(CCC(C)C1CCC2C3CC=C4C[C@@H](O)CC[C@]4(C)C3CC[C@]12C)C(C)C. The Labute approximate surface area is 180 Å². The fourth-order valence-electron chi connectivity index (χ4n) is 8.52. The summed E-state index contributed by atoms with van der Waals surface area (Å²) in [6, 6.07) is 0. The third-order valence-electron chi connectivity index (χ3n) is 10.6. The Kier molecular flexibility index (Phi) is 5.86. The molecule has 1 N–H and O–H groups in total. The molecule has 0 saturated heterocycles. The van der Waals surface area contributed by atoms with Crippen LogP contribution in [0.4, 0.5) is 0 Å². The lowest BCUT2D eigenvalue weighted by molar-refractivity contribution is -0.0571. The summed E-state index contributed by atoms with van der Waals surface area (Å²) >= 11 is 0. The molecule has 3 fully saturated rings. The van der Waals surface area contributed by atoms with Gasteiger partial charge in [-0.05, 0) is 111 Å². The van der Waals surface area contributed by atoms with E-state index in [1.54, 1.807) is 5.57 Å². The maximum Gasteiger partial charge on any atom is 0.0577 e. The highest BCUT2D eigenvalue weighted by molar-refractivity contribution is 5.25. The van der Waals surface area contributed by atoms with E-state index in [2.05, 4.69) is 47.3 Å². The summed E-state index contributed by atoms with van der Waals surface area (Å²) in [6.45, 7) is 16.7. The fraction of sp³-hybridized carbons (Fsp3) is 0.857. The topological polar surface area (TPSA) is 20.2 Å². The second-order valence-corrected chi connectivity index (χ2v) is 12.2. The van der Waals surface area contributed by atoms with Gasteiger partial charge in [-0.3, -0.25) is 0 Å². The highest BCUT2D eigenvalue weighted by Crippen LogP contribution is 2.67. The Bertz CT molecular complexity index is 659. The smallest absolute Gasteiger partial charge is 0.0577 e. The lowest BCUT2D eigenvalue weighted by Crippen LogP contribution is -2.50. The summed E-state index contributed by atoms with van der Waals surface area (Å²) in [4.78, 5) is 0. The van der Waals surface area contributed by atoms with E-state index < -0.39 is 0 Å². The lowest BCUT2D eigenvalue weighted by atomic mass is 9.47. The van der Waals surface area contributed by atoms with Crippen molar-refractivity contribution >= 4 is 0 Å². The zero-order valence-electron chi connectivity index (χ0n) is 19.8. The molecule has 4 rings (SSSR count). The van der Waals surface area contributed by atoms with Crippen LogP contribution >= 0.6 is 0 Å². The van der Waals surface area contributed by atoms with Crippen molar-refractivity contribution in [3.8, 4) is 0 Å². The fourth-order valence-corrected chi connectivity index (χ4v) is 8.52. The van der Waals surface area contributed by atoms with Gasteiger partial charge in [-0.2, -0.15) is 0 Å². The normalized spacial score (nSPS) is 45.2. The number of allylic oxidation sites excluding steroid dienone is 2. The van der Waals surface area contributed by atoms with E-state index in [0.29, 0.717) is 16.7 Å². The standard InChI is InChI=1S/C28H46O/c1-18(2)19(3)7-8-20(4)24-11-12-25-23-10-9-21-17-22(29)13-15-27(21,5)26(23)14-16-28(24,25)6/h9,18,20,22-26,29H,3,7-8,10-17H2,1-2,4-6H3/t20?,22-,23?,24?,25?,26?,27-,28+/m0/s1. The molecule has 8 atom stereocenters. The van der Waals surface area contributed by atoms with Gasteiger partial charge in [0.25, 0.3) is 0 Å². The molecular formula is C28H46O. The van der Waals surface area contributed by atoms with Gasteiger partial charge < -0.3 is 5.11 Å². The first-order chi connectivity index (χ1) is 13.7. The highest BCUT2D eigenvalue weighted by atomic mass is 16.3. The van der Waals surface area contributed by atoms with Crippen molar-refractivity contribution < 1.29 is 5.11 Å². The minimum absolute atomic E-state index is 0.0861. The third kappa shape index (κ3) is 3.58. The number of aliphatic hydroxyl groups is 1. The second kappa shape index (κ2) is 7.85. The van der Waals surface area contributed by atoms with Crippen molar-refractivity contribution in [2.75, 3.05) is 0 Å². The molecule has 0 heterocycles. The first-order valence-electron chi connectivity index (χ1n) is 12.7. The van der Waals surface area contributed by atoms with Crippen LogP contribution in [0, 0.1) is 46.3 Å². The van der Waals surface area contributed by atoms with Crippen LogP contribution < -0.4 is 0 Å². The van der Waals surface area contributed by atoms with E-state index in [1.165, 1.54) is 56.9 Å². The molecule has 5 unspecified atom stereocenters. The molecule has 4 aliphatic rings. The number of hydrogen-bond donors (Lipinski definition) is 1. The largest absolute Gasteiger partial charge is 0.393 e. The molecule has 0 aromatic heterocycles. The predicted octanol–water partition coefficient (Wildman–Crippen LogP) is 7.55. The van der Waals surface area contributed by atoms with Gasteiger partial charge >= 0.3 is 0 Å². The summed E-state index contributed by atoms with van der Waals surface area (Å²) in [6.07, 6.45) is 15.3. The maximum absolute atomic E-state index is 10.2. The van der Waals surface area contributed by atoms with Crippen LogP contribution in [-0.4, -0.2) is 11.2 Å². The quantitative estimate of drug-likeness (QED) is 0.474. The lowest BCUT2D eigenvalue weighted by Gasteiger charge is -2.58. The first-order valence-corrected chi connectivity index (χ1v) is 12.7. The number of rotatable bonds is 5. The zero-order valence-corrected chi connectivity index (χ0v) is 19.8. The molecule has 4 aliphatic carbocycles. The van der Waals surface area contributed by atoms with E-state index in [4.69, 9.17) is 0 Å². The van der Waals surface area contributed by atoms with E-state index in [9.17, 15) is 5.11 Å². The predicted molar refractivity (Wildman–Crippen MR) is 124 cm³/mol. The molecule has 1 heteroatoms. The average molecular weight is 399 g/mol. The molecule has 0 amide bonds. The Balaban J connectivity index is 1.49. The van der Waals surface area contributed by atoms with Gasteiger partial charge in [0.05, 0.1) is 6.10 Å². The van der Waals surface area contributed by atoms with Gasteiger partial charge in [0, 0.05) is 0 Å². The van der Waals surface area contributed by atoms with Crippen molar-refractivity contribution in [1.29, 1.82) is 0 Å². The number of fused-ring (bicyclic) bond motifs is 5. The summed E-state index contributed by atoms with van der Waals surface area (Å²) in [5, 5.41) is 10.2. The summed E-state index contributed by atoms with van der Waals surface area (Å²) < 4.78 is 0. The Morgan fingerprint density at radius 2 is 1.86 bits per heavy atom. The molecule has 0 aromatic rings. The summed E-state index contributed by atoms with van der Waals surface area (Å²) in [7, 11) is 0. The van der Waals surface area contributed by atoms with E-state index in [0.717, 1.165) is 42.4 Å². The Morgan fingerprint density at radius 3 is 2.59 bits per heavy atom. The molecule has 0 aromatic carbocycles. The number of aliphatic hydroxyl groups excluding tert-OH is 1. The average Bonchev–Trinajstić information content (AvgIpc) is 3.03. The molecule has 0 spiro atoms. The van der Waals surface area contributed by atoms with Gasteiger partial charge in [-0.15, -0.1) is 0 Å². The summed E-state index contributed by atoms with van der Waals surface area (Å²) in [5.41, 5.74) is 3.98. The maximum atomic E-state index is 10.2. The van der Waals surface area contributed by atoms with Gasteiger partial charge in [0.15, 0.2) is 0 Å². The summed E-state index contributed by atoms with van der Waals surface area (Å²) in [5.74, 6) is 5.03. The van der Waals surface area contributed by atoms with Gasteiger partial charge in [0.2, 0.25) is 0 Å². The Hall–Kier alpha value is -0.560. The molecule has 0 aliphatic heterocycles. The van der Waals surface area contributed by atoms with Gasteiger partial charge in [-0.1, -0.05) is 58.4 Å². The van der Waals surface area contributed by atoms with Gasteiger partial charge in [-0.25, -0.2) is 0 Å². The molecule has 3 saturated carbocycles. The van der Waals surface area contributed by atoms with E-state index in [-0.39, 0.29) is 6.10 Å². The van der Waals surface area contributed by atoms with Crippen molar-refractivity contribution in [1.82, 2.24) is 0 Å². The van der Waals surface area contributed by atoms with Crippen LogP contribution in [-0.2, 0) is 0 Å². The van der Waals surface area contributed by atoms with E-state index in [1.807, 2.05) is 0 Å². The second-order valence-electron chi connectivity index (χ2n) is 12.2. The molecule has 29 heavy (non-hydrogen) atoms. The highest BCUT2D eigenvalue weighted by Gasteiger charge is 2.59. The number of hydrogen-bond acceptors (Lipinski definition) is 1. The molecule has 1 nitrogen and oxygen atoms in total. The third-order valence-corrected chi connectivity index (χ3v) is 10.6. The first kappa shape index (κ1) is 21.7. The monoisotopic (exact) mass is 398 g/mol. The van der Waals surface area contributed by atoms with Crippen LogP contribution in [0.5, 0.6) is 0 Å². The van der Waals surface area contributed by atoms with Crippen molar-refractivity contribution in [2.45, 2.75) is 105 Å². The van der Waals surface area contributed by atoms with Crippen LogP contribution in [0.2, 0.25) is 0 Å². The van der Waals surface area contributed by atoms with Crippen LogP contribution in [0.3, 0.4) is 0 Å². The van der Waals surface area contributed by atoms with Crippen LogP contribution in [0.25, 0.3) is 0 Å². The minimum Gasteiger partial charge on any atom is -0.393 e. The van der Waals surface area contributed by atoms with E-state index >= 15 is 0 Å². The molecule has 0 radical (unpaired) electrons.